The third-order valence-electron chi connectivity index (χ3n) is 4.05. The SMILES string of the molecule is CC(C)C(C)NC(=O)CSc1nnc(NC2CCCCC2)s1. The third-order valence-corrected chi connectivity index (χ3v) is 6.04. The summed E-state index contributed by atoms with van der Waals surface area (Å²) in [6.07, 6.45) is 6.38. The zero-order chi connectivity index (χ0) is 15.9. The molecule has 0 saturated heterocycles. The van der Waals surface area contributed by atoms with Crippen LogP contribution < -0.4 is 10.6 Å². The first-order valence-corrected chi connectivity index (χ1v) is 9.87. The number of aromatic nitrogens is 2. The fourth-order valence-corrected chi connectivity index (χ4v) is 3.98. The quantitative estimate of drug-likeness (QED) is 0.742. The van der Waals surface area contributed by atoms with E-state index in [2.05, 4.69) is 34.7 Å². The normalized spacial score (nSPS) is 17.5. The van der Waals surface area contributed by atoms with Crippen LogP contribution in [0.1, 0.15) is 52.9 Å². The number of nitrogens with one attached hydrogen (secondary N) is 2. The summed E-state index contributed by atoms with van der Waals surface area (Å²) in [5, 5.41) is 15.7. The second-order valence-electron chi connectivity index (χ2n) is 6.24. The molecule has 2 N–H and O–H groups in total. The van der Waals surface area contributed by atoms with E-state index in [1.54, 1.807) is 11.3 Å². The number of carbonyl (C=O) groups is 1. The summed E-state index contributed by atoms with van der Waals surface area (Å²) in [7, 11) is 0. The van der Waals surface area contributed by atoms with Crippen molar-refractivity contribution in [2.75, 3.05) is 11.1 Å². The highest BCUT2D eigenvalue weighted by atomic mass is 32.2. The van der Waals surface area contributed by atoms with Crippen molar-refractivity contribution in [2.45, 2.75) is 69.3 Å². The number of hydrogen-bond donors (Lipinski definition) is 2. The molecule has 2 rings (SSSR count). The first kappa shape index (κ1) is 17.5. The molecule has 0 radical (unpaired) electrons. The standard InChI is InChI=1S/C15H26N4OS2/c1-10(2)11(3)16-13(20)9-21-15-19-18-14(22-15)17-12-7-5-4-6-8-12/h10-12H,4-9H2,1-3H3,(H,16,20)(H,17,18). The van der Waals surface area contributed by atoms with Crippen LogP contribution in [0, 0.1) is 5.92 Å². The molecule has 1 fully saturated rings. The zero-order valence-electron chi connectivity index (χ0n) is 13.6. The summed E-state index contributed by atoms with van der Waals surface area (Å²) in [5.41, 5.74) is 0. The number of hydrogen-bond acceptors (Lipinski definition) is 6. The zero-order valence-corrected chi connectivity index (χ0v) is 15.2. The minimum atomic E-state index is 0.0585. The van der Waals surface area contributed by atoms with Crippen molar-refractivity contribution in [1.82, 2.24) is 15.5 Å². The third kappa shape index (κ3) is 5.76. The van der Waals surface area contributed by atoms with Gasteiger partial charge < -0.3 is 10.6 Å². The van der Waals surface area contributed by atoms with E-state index in [4.69, 9.17) is 0 Å². The molecule has 22 heavy (non-hydrogen) atoms. The summed E-state index contributed by atoms with van der Waals surface area (Å²) >= 11 is 3.00. The summed E-state index contributed by atoms with van der Waals surface area (Å²) in [6.45, 7) is 6.24. The number of carbonyl (C=O) groups excluding carboxylic acids is 1. The van der Waals surface area contributed by atoms with Crippen LogP contribution in [0.5, 0.6) is 0 Å². The molecule has 1 atom stereocenters. The Labute approximate surface area is 141 Å². The summed E-state index contributed by atoms with van der Waals surface area (Å²) in [5.74, 6) is 0.903. The van der Waals surface area contributed by atoms with Crippen LogP contribution in [0.2, 0.25) is 0 Å². The van der Waals surface area contributed by atoms with Crippen LogP contribution >= 0.6 is 23.1 Å². The van der Waals surface area contributed by atoms with Crippen LogP contribution in [0.25, 0.3) is 0 Å². The predicted octanol–water partition coefficient (Wildman–Crippen LogP) is 3.54. The van der Waals surface area contributed by atoms with E-state index in [-0.39, 0.29) is 11.9 Å². The van der Waals surface area contributed by atoms with Gasteiger partial charge in [-0.25, -0.2) is 0 Å². The molecule has 0 spiro atoms. The molecule has 0 aliphatic heterocycles. The van der Waals surface area contributed by atoms with Gasteiger partial charge in [0.2, 0.25) is 11.0 Å². The van der Waals surface area contributed by atoms with Crippen molar-refractivity contribution < 1.29 is 4.79 Å². The van der Waals surface area contributed by atoms with Gasteiger partial charge in [-0.2, -0.15) is 0 Å². The highest BCUT2D eigenvalue weighted by Gasteiger charge is 2.16. The highest BCUT2D eigenvalue weighted by molar-refractivity contribution is 8.01. The number of nitrogens with zero attached hydrogens (tertiary/aromatic N) is 2. The lowest BCUT2D eigenvalue weighted by Crippen LogP contribution is -2.37. The minimum absolute atomic E-state index is 0.0585. The molecule has 0 aromatic carbocycles. The molecule has 124 valence electrons. The van der Waals surface area contributed by atoms with E-state index in [1.807, 2.05) is 6.92 Å². The van der Waals surface area contributed by atoms with Crippen molar-refractivity contribution >= 4 is 34.1 Å². The van der Waals surface area contributed by atoms with E-state index in [1.165, 1.54) is 43.9 Å². The Hall–Kier alpha value is -0.820. The number of rotatable bonds is 7. The first-order chi connectivity index (χ1) is 10.5. The smallest absolute Gasteiger partial charge is 0.230 e. The van der Waals surface area contributed by atoms with Gasteiger partial charge in [0.15, 0.2) is 4.34 Å². The van der Waals surface area contributed by atoms with Crippen molar-refractivity contribution in [2.24, 2.45) is 5.92 Å². The molecule has 1 unspecified atom stereocenters. The highest BCUT2D eigenvalue weighted by Crippen LogP contribution is 2.28. The molecule has 1 aliphatic carbocycles. The average Bonchev–Trinajstić information content (AvgIpc) is 2.93. The fourth-order valence-electron chi connectivity index (χ4n) is 2.34. The van der Waals surface area contributed by atoms with E-state index >= 15 is 0 Å². The largest absolute Gasteiger partial charge is 0.357 e. The first-order valence-electron chi connectivity index (χ1n) is 8.07. The summed E-state index contributed by atoms with van der Waals surface area (Å²) < 4.78 is 0.852. The molecule has 1 aliphatic rings. The molecule has 0 bridgehead atoms. The number of anilines is 1. The lowest BCUT2D eigenvalue weighted by molar-refractivity contribution is -0.119. The molecule has 1 heterocycles. The van der Waals surface area contributed by atoms with Crippen LogP contribution in [-0.4, -0.2) is 33.9 Å². The lowest BCUT2D eigenvalue weighted by atomic mass is 9.96. The molecule has 1 saturated carbocycles. The van der Waals surface area contributed by atoms with Crippen molar-refractivity contribution in [3.05, 3.63) is 0 Å². The van der Waals surface area contributed by atoms with E-state index in [0.29, 0.717) is 17.7 Å². The summed E-state index contributed by atoms with van der Waals surface area (Å²) in [6, 6.07) is 0.737. The van der Waals surface area contributed by atoms with Gasteiger partial charge in [-0.3, -0.25) is 4.79 Å². The summed E-state index contributed by atoms with van der Waals surface area (Å²) in [4.78, 5) is 11.9. The monoisotopic (exact) mass is 342 g/mol. The minimum Gasteiger partial charge on any atom is -0.357 e. The Balaban J connectivity index is 1.73. The van der Waals surface area contributed by atoms with Gasteiger partial charge >= 0.3 is 0 Å². The van der Waals surface area contributed by atoms with Gasteiger partial charge in [-0.1, -0.05) is 56.2 Å². The second kappa shape index (κ2) is 8.72. The van der Waals surface area contributed by atoms with Crippen LogP contribution in [0.15, 0.2) is 4.34 Å². The fraction of sp³-hybridized carbons (Fsp3) is 0.800. The maximum Gasteiger partial charge on any atom is 0.230 e. The average molecular weight is 343 g/mol. The molecule has 1 aromatic rings. The van der Waals surface area contributed by atoms with E-state index < -0.39 is 0 Å². The predicted molar refractivity (Wildman–Crippen MR) is 93.6 cm³/mol. The van der Waals surface area contributed by atoms with Gasteiger partial charge in [0.1, 0.15) is 0 Å². The van der Waals surface area contributed by atoms with Gasteiger partial charge in [0.05, 0.1) is 5.75 Å². The topological polar surface area (TPSA) is 66.9 Å². The Morgan fingerprint density at radius 3 is 2.68 bits per heavy atom. The lowest BCUT2D eigenvalue weighted by Gasteiger charge is -2.21. The number of amides is 1. The van der Waals surface area contributed by atoms with Gasteiger partial charge in [0, 0.05) is 12.1 Å². The Kier molecular flexibility index (Phi) is 6.95. The number of thioether (sulfide) groups is 1. The van der Waals surface area contributed by atoms with Gasteiger partial charge in [-0.15, -0.1) is 10.2 Å². The van der Waals surface area contributed by atoms with E-state index in [9.17, 15) is 4.79 Å². The van der Waals surface area contributed by atoms with Crippen molar-refractivity contribution in [3.8, 4) is 0 Å². The molecule has 5 nitrogen and oxygen atoms in total. The molecule has 7 heteroatoms. The van der Waals surface area contributed by atoms with Gasteiger partial charge in [-0.05, 0) is 25.7 Å². The van der Waals surface area contributed by atoms with Crippen LogP contribution in [0.3, 0.4) is 0 Å². The van der Waals surface area contributed by atoms with Crippen molar-refractivity contribution in [3.63, 3.8) is 0 Å². The Morgan fingerprint density at radius 2 is 2.00 bits per heavy atom. The van der Waals surface area contributed by atoms with E-state index in [0.717, 1.165) is 9.47 Å². The van der Waals surface area contributed by atoms with Gasteiger partial charge in [0.25, 0.3) is 0 Å². The van der Waals surface area contributed by atoms with Crippen LogP contribution in [0.4, 0.5) is 5.13 Å². The molecular formula is C15H26N4OS2. The Bertz CT molecular complexity index is 472. The van der Waals surface area contributed by atoms with Crippen molar-refractivity contribution in [1.29, 1.82) is 0 Å². The second-order valence-corrected chi connectivity index (χ2v) is 8.44. The maximum absolute atomic E-state index is 11.9. The molecular weight excluding hydrogens is 316 g/mol. The van der Waals surface area contributed by atoms with Crippen LogP contribution in [-0.2, 0) is 4.79 Å². The maximum atomic E-state index is 11.9. The Morgan fingerprint density at radius 1 is 1.27 bits per heavy atom. The molecule has 1 aromatic heterocycles. The molecule has 1 amide bonds.